The number of carbonyl (C=O) groups excluding carboxylic acids is 1. The Balaban J connectivity index is -0.000000136. The maximum Gasteiger partial charge on any atom is 0.330 e. The molecule has 1 aliphatic rings. The highest BCUT2D eigenvalue weighted by atomic mass is 16.5. The number of hydrogen-bond acceptors (Lipinski definition) is 5. The molecule has 152 valence electrons. The summed E-state index contributed by atoms with van der Waals surface area (Å²) in [5.41, 5.74) is 0.819. The first-order valence-electron chi connectivity index (χ1n) is 8.98. The molecule has 2 unspecified atom stereocenters. The molecule has 0 aromatic heterocycles. The Morgan fingerprint density at radius 1 is 1.32 bits per heavy atom. The predicted molar refractivity (Wildman–Crippen MR) is 107 cm³/mol. The molecule has 2 atom stereocenters. The molecule has 0 radical (unpaired) electrons. The molecule has 5 heteroatoms. The number of allylic oxidation sites excluding steroid dienone is 2. The molecule has 0 aromatic rings. The molecule has 2 N–H and O–H groups in total. The summed E-state index contributed by atoms with van der Waals surface area (Å²) in [5.74, 6) is -0.340. The Hall–Kier alpha value is -1.17. The third kappa shape index (κ3) is 17.4. The van der Waals surface area contributed by atoms with E-state index in [1.807, 2.05) is 27.7 Å². The number of carbonyl (C=O) groups is 1. The van der Waals surface area contributed by atoms with Crippen LogP contribution >= 0.6 is 0 Å². The van der Waals surface area contributed by atoms with E-state index in [0.717, 1.165) is 32.1 Å². The minimum Gasteiger partial charge on any atom is -0.466 e. The average Bonchev–Trinajstić information content (AvgIpc) is 2.69. The maximum absolute atomic E-state index is 10.4. The van der Waals surface area contributed by atoms with Crippen LogP contribution < -0.4 is 0 Å². The van der Waals surface area contributed by atoms with Crippen LogP contribution in [-0.2, 0) is 14.3 Å². The zero-order valence-electron chi connectivity index (χ0n) is 17.9. The molecular weight excluding hydrogens is 320 g/mol. The van der Waals surface area contributed by atoms with Gasteiger partial charge in [-0.3, -0.25) is 0 Å². The lowest BCUT2D eigenvalue weighted by molar-refractivity contribution is -0.134. The van der Waals surface area contributed by atoms with Gasteiger partial charge in [0.2, 0.25) is 0 Å². The second-order valence-electron chi connectivity index (χ2n) is 4.98. The third-order valence-corrected chi connectivity index (χ3v) is 3.45. The van der Waals surface area contributed by atoms with Crippen LogP contribution in [0.15, 0.2) is 24.3 Å². The van der Waals surface area contributed by atoms with Crippen LogP contribution in [0.1, 0.15) is 61.3 Å². The first-order valence-corrected chi connectivity index (χ1v) is 8.98. The highest BCUT2D eigenvalue weighted by Crippen LogP contribution is 2.31. The Bertz CT molecular complexity index is 326. The zero-order valence-corrected chi connectivity index (χ0v) is 17.9. The van der Waals surface area contributed by atoms with Crippen molar-refractivity contribution in [3.63, 3.8) is 0 Å². The summed E-state index contributed by atoms with van der Waals surface area (Å²) in [4.78, 5) is 10.4. The van der Waals surface area contributed by atoms with Crippen molar-refractivity contribution in [1.82, 2.24) is 0 Å². The molecule has 1 saturated heterocycles. The van der Waals surface area contributed by atoms with Crippen LogP contribution in [0.5, 0.6) is 0 Å². The number of aliphatic hydroxyl groups is 2. The number of rotatable bonds is 3. The molecule has 0 amide bonds. The normalized spacial score (nSPS) is 21.2. The maximum atomic E-state index is 10.4. The molecule has 0 spiro atoms. The van der Waals surface area contributed by atoms with E-state index in [1.54, 1.807) is 13.0 Å². The van der Waals surface area contributed by atoms with E-state index in [1.165, 1.54) is 13.2 Å². The quantitative estimate of drug-likeness (QED) is 0.448. The van der Waals surface area contributed by atoms with E-state index < -0.39 is 0 Å². The van der Waals surface area contributed by atoms with Gasteiger partial charge >= 0.3 is 5.97 Å². The Labute approximate surface area is 155 Å². The fraction of sp³-hybridized carbons (Fsp3) is 0.750. The summed E-state index contributed by atoms with van der Waals surface area (Å²) in [5, 5.41) is 16.5. The van der Waals surface area contributed by atoms with Crippen molar-refractivity contribution >= 4 is 5.97 Å². The van der Waals surface area contributed by atoms with Gasteiger partial charge in [0, 0.05) is 25.2 Å². The van der Waals surface area contributed by atoms with Gasteiger partial charge < -0.3 is 19.7 Å². The van der Waals surface area contributed by atoms with Gasteiger partial charge in [-0.2, -0.15) is 0 Å². The van der Waals surface area contributed by atoms with Gasteiger partial charge in [0.1, 0.15) is 0 Å². The van der Waals surface area contributed by atoms with Crippen LogP contribution in [0.4, 0.5) is 0 Å². The number of hydrogen-bond donors (Lipinski definition) is 2. The predicted octanol–water partition coefficient (Wildman–Crippen LogP) is 4.14. The zero-order chi connectivity index (χ0) is 20.9. The fourth-order valence-corrected chi connectivity index (χ4v) is 1.59. The molecule has 1 rings (SSSR count). The standard InChI is InChI=1S/C8H16O2.C7H10O2.2C2H6.CH4O/c1-3-8(2)6-10-5-4-7(8)9;1-4-6(2)5-7(8)9-3;3*1-2/h7,9H,3-6H2,1-2H3;4-5H,1H2,2-3H3;2*1-2H3;2H,1H3/b;6-5+;;;. The van der Waals surface area contributed by atoms with Crippen molar-refractivity contribution in [1.29, 1.82) is 0 Å². The smallest absolute Gasteiger partial charge is 0.330 e. The lowest BCUT2D eigenvalue weighted by Crippen LogP contribution is -2.41. The number of methoxy groups -OCH3 is 1. The Kier molecular flexibility index (Phi) is 28.8. The molecule has 0 aliphatic carbocycles. The van der Waals surface area contributed by atoms with Crippen molar-refractivity contribution < 1.29 is 24.5 Å². The van der Waals surface area contributed by atoms with E-state index >= 15 is 0 Å². The van der Waals surface area contributed by atoms with Gasteiger partial charge in [-0.25, -0.2) is 4.79 Å². The first kappa shape index (κ1) is 31.6. The first-order chi connectivity index (χ1) is 11.9. The molecule has 0 saturated carbocycles. The van der Waals surface area contributed by atoms with Gasteiger partial charge in [0.25, 0.3) is 0 Å². The second kappa shape index (κ2) is 22.8. The summed E-state index contributed by atoms with van der Waals surface area (Å²) in [6.07, 6.45) is 4.61. The molecular formula is C20H42O5. The van der Waals surface area contributed by atoms with E-state index in [-0.39, 0.29) is 17.5 Å². The van der Waals surface area contributed by atoms with Crippen molar-refractivity contribution in [3.05, 3.63) is 24.3 Å². The van der Waals surface area contributed by atoms with Crippen LogP contribution in [0.2, 0.25) is 0 Å². The molecule has 1 fully saturated rings. The molecule has 0 bridgehead atoms. The van der Waals surface area contributed by atoms with Crippen molar-refractivity contribution in [3.8, 4) is 0 Å². The number of esters is 1. The minimum atomic E-state index is -0.340. The minimum absolute atomic E-state index is 0.0122. The summed E-state index contributed by atoms with van der Waals surface area (Å²) in [6.45, 7) is 18.9. The van der Waals surface area contributed by atoms with Crippen LogP contribution in [0.3, 0.4) is 0 Å². The van der Waals surface area contributed by atoms with Crippen LogP contribution in [-0.4, -0.2) is 49.7 Å². The van der Waals surface area contributed by atoms with Gasteiger partial charge in [-0.1, -0.05) is 54.2 Å². The summed E-state index contributed by atoms with van der Waals surface area (Å²) >= 11 is 0. The molecule has 0 aromatic carbocycles. The van der Waals surface area contributed by atoms with Gasteiger partial charge in [0.05, 0.1) is 19.8 Å². The van der Waals surface area contributed by atoms with Crippen LogP contribution in [0.25, 0.3) is 0 Å². The topological polar surface area (TPSA) is 76.0 Å². The van der Waals surface area contributed by atoms with Gasteiger partial charge in [-0.15, -0.1) is 0 Å². The van der Waals surface area contributed by atoms with Crippen LogP contribution in [0, 0.1) is 5.41 Å². The average molecular weight is 363 g/mol. The Morgan fingerprint density at radius 3 is 2.08 bits per heavy atom. The van der Waals surface area contributed by atoms with Gasteiger partial charge in [-0.05, 0) is 25.3 Å². The van der Waals surface area contributed by atoms with E-state index in [2.05, 4.69) is 25.2 Å². The van der Waals surface area contributed by atoms with Crippen molar-refractivity contribution in [2.24, 2.45) is 5.41 Å². The molecule has 1 aliphatic heterocycles. The highest BCUT2D eigenvalue weighted by Gasteiger charge is 2.34. The summed E-state index contributed by atoms with van der Waals surface area (Å²) < 4.78 is 9.65. The molecule has 1 heterocycles. The second-order valence-corrected chi connectivity index (χ2v) is 4.98. The Morgan fingerprint density at radius 2 is 1.80 bits per heavy atom. The lowest BCUT2D eigenvalue weighted by Gasteiger charge is -2.37. The van der Waals surface area contributed by atoms with Crippen molar-refractivity contribution in [2.75, 3.05) is 27.4 Å². The van der Waals surface area contributed by atoms with Crippen molar-refractivity contribution in [2.45, 2.75) is 67.4 Å². The lowest BCUT2D eigenvalue weighted by atomic mass is 9.80. The third-order valence-electron chi connectivity index (χ3n) is 3.45. The van der Waals surface area contributed by atoms with Gasteiger partial charge in [0.15, 0.2) is 0 Å². The monoisotopic (exact) mass is 362 g/mol. The summed E-state index contributed by atoms with van der Waals surface area (Å²) in [6, 6.07) is 0. The SMILES string of the molecule is C=C/C(C)=C/C(=O)OC.CC.CC.CCC1(C)COCCC1O.CO. The van der Waals surface area contributed by atoms with E-state index in [0.29, 0.717) is 6.61 Å². The fourth-order valence-electron chi connectivity index (χ4n) is 1.59. The number of aliphatic hydroxyl groups excluding tert-OH is 2. The molecule has 5 nitrogen and oxygen atoms in total. The summed E-state index contributed by atoms with van der Waals surface area (Å²) in [7, 11) is 2.34. The number of ether oxygens (including phenoxy) is 2. The van der Waals surface area contributed by atoms with E-state index in [4.69, 9.17) is 9.84 Å². The highest BCUT2D eigenvalue weighted by molar-refractivity contribution is 5.83. The van der Waals surface area contributed by atoms with E-state index in [9.17, 15) is 9.90 Å². The molecule has 25 heavy (non-hydrogen) atoms. The largest absolute Gasteiger partial charge is 0.466 e.